The molecule has 0 amide bonds. The number of nitrogens with two attached hydrogens (primary N) is 1. The summed E-state index contributed by atoms with van der Waals surface area (Å²) in [5.74, 6) is 0. The van der Waals surface area contributed by atoms with E-state index in [0.29, 0.717) is 29.8 Å². The maximum Gasteiger partial charge on any atom is 0.406 e. The van der Waals surface area contributed by atoms with Crippen LogP contribution in [-0.4, -0.2) is 33.8 Å². The smallest absolute Gasteiger partial charge is 0.330 e. The monoisotopic (exact) mass is 483 g/mol. The first-order valence-corrected chi connectivity index (χ1v) is 12.2. The lowest BCUT2D eigenvalue weighted by Gasteiger charge is -2.13. The first kappa shape index (κ1) is 25.1. The van der Waals surface area contributed by atoms with Crippen molar-refractivity contribution in [3.8, 4) is 0 Å². The molecule has 0 fully saturated rings. The van der Waals surface area contributed by atoms with Crippen molar-refractivity contribution in [1.29, 1.82) is 0 Å². The third-order valence-corrected chi connectivity index (χ3v) is 6.29. The van der Waals surface area contributed by atoms with Gasteiger partial charge in [-0.1, -0.05) is 24.3 Å². The van der Waals surface area contributed by atoms with Crippen molar-refractivity contribution >= 4 is 21.8 Å². The Kier molecular flexibility index (Phi) is 8.36. The number of hydrogen-bond acceptors (Lipinski definition) is 4. The highest BCUT2D eigenvalue weighted by Crippen LogP contribution is 2.33. The molecule has 35 heavy (non-hydrogen) atoms. The van der Waals surface area contributed by atoms with E-state index in [0.717, 1.165) is 30.2 Å². The van der Waals surface area contributed by atoms with Crippen LogP contribution in [0, 0.1) is 0 Å². The van der Waals surface area contributed by atoms with Crippen LogP contribution >= 0.6 is 0 Å². The van der Waals surface area contributed by atoms with Crippen molar-refractivity contribution in [1.82, 2.24) is 19.9 Å². The van der Waals surface area contributed by atoms with Crippen LogP contribution in [0.2, 0.25) is 0 Å². The molecule has 3 heterocycles. The van der Waals surface area contributed by atoms with Crippen LogP contribution in [0.3, 0.4) is 0 Å². The third-order valence-electron chi connectivity index (χ3n) is 6.29. The number of rotatable bonds is 7. The molecule has 0 bridgehead atoms. The zero-order valence-corrected chi connectivity index (χ0v) is 19.8. The maximum absolute atomic E-state index is 13.1. The zero-order chi connectivity index (χ0) is 24.7. The van der Waals surface area contributed by atoms with Gasteiger partial charge < -0.3 is 15.6 Å². The number of hydrogen-bond donors (Lipinski definition) is 2. The molecule has 5 rings (SSSR count). The Morgan fingerprint density at radius 3 is 2.54 bits per heavy atom. The van der Waals surface area contributed by atoms with Gasteiger partial charge in [0.05, 0.1) is 11.2 Å². The lowest BCUT2D eigenvalue weighted by molar-refractivity contribution is -0.139. The molecule has 1 aliphatic carbocycles. The SMILES string of the molecule is NCCCCNCc1nccc2c3ccccc3n(CC(F)(F)F)c12.c1cnc2c(c1)CCCC2. The van der Waals surface area contributed by atoms with E-state index in [4.69, 9.17) is 5.73 Å². The standard InChI is InChI=1S/C18H21F3N4.C9H11N/c19-18(20,21)12-25-16-6-2-1-5-13(16)14-7-10-24-15(17(14)25)11-23-9-4-3-8-22;1-2-6-9-8(4-1)5-3-7-10-9/h1-2,5-7,10,23H,3-4,8-9,11-12,22H2;3,5,7H,1-2,4,6H2. The topological polar surface area (TPSA) is 68.8 Å². The minimum Gasteiger partial charge on any atom is -0.330 e. The van der Waals surface area contributed by atoms with Gasteiger partial charge in [-0.05, 0) is 75.4 Å². The van der Waals surface area contributed by atoms with Gasteiger partial charge in [0.1, 0.15) is 6.54 Å². The number of alkyl halides is 3. The van der Waals surface area contributed by atoms with E-state index in [1.165, 1.54) is 41.5 Å². The number of nitrogens with zero attached hydrogens (tertiary/aromatic N) is 3. The fraction of sp³-hybridized carbons (Fsp3) is 0.407. The maximum atomic E-state index is 13.1. The average Bonchev–Trinajstić information content (AvgIpc) is 3.17. The van der Waals surface area contributed by atoms with Gasteiger partial charge >= 0.3 is 6.18 Å². The minimum absolute atomic E-state index is 0.427. The van der Waals surface area contributed by atoms with Crippen molar-refractivity contribution in [2.45, 2.75) is 57.8 Å². The molecule has 0 spiro atoms. The summed E-state index contributed by atoms with van der Waals surface area (Å²) in [7, 11) is 0. The fourth-order valence-electron chi connectivity index (χ4n) is 4.68. The summed E-state index contributed by atoms with van der Waals surface area (Å²) in [5.41, 5.74) is 10.0. The second kappa shape index (κ2) is 11.6. The molecule has 1 aliphatic rings. The number of benzene rings is 1. The van der Waals surface area contributed by atoms with Crippen LogP contribution in [0.25, 0.3) is 21.8 Å². The number of pyridine rings is 2. The Hall–Kier alpha value is -2.97. The van der Waals surface area contributed by atoms with Crippen molar-refractivity contribution in [2.24, 2.45) is 5.73 Å². The number of fused-ring (bicyclic) bond motifs is 4. The number of halogens is 3. The van der Waals surface area contributed by atoms with Crippen LogP contribution in [0.1, 0.15) is 42.6 Å². The molecule has 5 nitrogen and oxygen atoms in total. The second-order valence-electron chi connectivity index (χ2n) is 8.86. The van der Waals surface area contributed by atoms with E-state index < -0.39 is 12.7 Å². The molecule has 3 aromatic heterocycles. The summed E-state index contributed by atoms with van der Waals surface area (Å²) >= 11 is 0. The largest absolute Gasteiger partial charge is 0.406 e. The average molecular weight is 484 g/mol. The number of para-hydroxylation sites is 1. The Balaban J connectivity index is 0.000000239. The van der Waals surface area contributed by atoms with Gasteiger partial charge in [-0.2, -0.15) is 13.2 Å². The molecule has 0 unspecified atom stereocenters. The Morgan fingerprint density at radius 2 is 1.74 bits per heavy atom. The van der Waals surface area contributed by atoms with E-state index in [9.17, 15) is 13.2 Å². The van der Waals surface area contributed by atoms with Crippen LogP contribution in [0.4, 0.5) is 13.2 Å². The lowest BCUT2D eigenvalue weighted by Crippen LogP contribution is -2.20. The third kappa shape index (κ3) is 6.38. The van der Waals surface area contributed by atoms with E-state index in [-0.39, 0.29) is 0 Å². The van der Waals surface area contributed by atoms with Gasteiger partial charge in [0, 0.05) is 40.9 Å². The highest BCUT2D eigenvalue weighted by Gasteiger charge is 2.30. The molecule has 186 valence electrons. The van der Waals surface area contributed by atoms with E-state index in [1.54, 1.807) is 24.4 Å². The van der Waals surface area contributed by atoms with Crippen LogP contribution < -0.4 is 11.1 Å². The van der Waals surface area contributed by atoms with Crippen LogP contribution in [-0.2, 0) is 25.9 Å². The summed E-state index contributed by atoms with van der Waals surface area (Å²) in [6.07, 6.45) is 6.20. The normalized spacial score (nSPS) is 13.5. The van der Waals surface area contributed by atoms with Gasteiger partial charge in [-0.3, -0.25) is 9.97 Å². The van der Waals surface area contributed by atoms with Crippen LogP contribution in [0.5, 0.6) is 0 Å². The Labute approximate surface area is 203 Å². The molecular weight excluding hydrogens is 451 g/mol. The molecule has 0 saturated heterocycles. The molecule has 0 saturated carbocycles. The molecule has 3 N–H and O–H groups in total. The van der Waals surface area contributed by atoms with Crippen molar-refractivity contribution in [3.05, 3.63) is 71.8 Å². The summed E-state index contributed by atoms with van der Waals surface area (Å²) in [6.45, 7) is 0.795. The highest BCUT2D eigenvalue weighted by molar-refractivity contribution is 6.08. The number of unbranched alkanes of at least 4 members (excludes halogenated alkanes) is 1. The minimum atomic E-state index is -4.30. The van der Waals surface area contributed by atoms with E-state index in [1.807, 2.05) is 24.4 Å². The lowest BCUT2D eigenvalue weighted by atomic mass is 9.96. The van der Waals surface area contributed by atoms with Gasteiger partial charge in [0.25, 0.3) is 0 Å². The van der Waals surface area contributed by atoms with Crippen molar-refractivity contribution < 1.29 is 13.2 Å². The molecule has 1 aromatic carbocycles. The first-order chi connectivity index (χ1) is 17.0. The molecule has 0 aliphatic heterocycles. The van der Waals surface area contributed by atoms with E-state index in [2.05, 4.69) is 21.4 Å². The molecule has 0 radical (unpaired) electrons. The van der Waals surface area contributed by atoms with Gasteiger partial charge in [0.2, 0.25) is 0 Å². The van der Waals surface area contributed by atoms with E-state index >= 15 is 0 Å². The number of nitrogens with one attached hydrogen (secondary N) is 1. The first-order valence-electron chi connectivity index (χ1n) is 12.2. The van der Waals surface area contributed by atoms with Crippen molar-refractivity contribution in [3.63, 3.8) is 0 Å². The summed E-state index contributed by atoms with van der Waals surface area (Å²) in [6, 6.07) is 13.2. The fourth-order valence-corrected chi connectivity index (χ4v) is 4.68. The summed E-state index contributed by atoms with van der Waals surface area (Å²) in [5, 5.41) is 4.86. The molecule has 8 heteroatoms. The number of aryl methyl sites for hydroxylation is 2. The summed E-state index contributed by atoms with van der Waals surface area (Å²) < 4.78 is 40.7. The summed E-state index contributed by atoms with van der Waals surface area (Å²) in [4.78, 5) is 8.65. The second-order valence-corrected chi connectivity index (χ2v) is 8.86. The Morgan fingerprint density at radius 1 is 0.914 bits per heavy atom. The zero-order valence-electron chi connectivity index (χ0n) is 19.8. The predicted octanol–water partition coefficient (Wildman–Crippen LogP) is 5.54. The molecular formula is C27H32F3N5. The predicted molar refractivity (Wildman–Crippen MR) is 134 cm³/mol. The Bertz CT molecular complexity index is 1220. The van der Waals surface area contributed by atoms with Crippen molar-refractivity contribution in [2.75, 3.05) is 13.1 Å². The van der Waals surface area contributed by atoms with Gasteiger partial charge in [-0.15, -0.1) is 0 Å². The quantitative estimate of drug-likeness (QED) is 0.339. The number of aromatic nitrogens is 3. The molecule has 4 aromatic rings. The van der Waals surface area contributed by atoms with Crippen LogP contribution in [0.15, 0.2) is 54.9 Å². The van der Waals surface area contributed by atoms with Gasteiger partial charge in [-0.25, -0.2) is 0 Å². The van der Waals surface area contributed by atoms with Gasteiger partial charge in [0.15, 0.2) is 0 Å². The molecule has 0 atom stereocenters. The highest BCUT2D eigenvalue weighted by atomic mass is 19.4.